The lowest BCUT2D eigenvalue weighted by molar-refractivity contribution is -0.0898. The molecule has 2 aliphatic rings. The average molecular weight is 320 g/mol. The third-order valence-electron chi connectivity index (χ3n) is 4.34. The quantitative estimate of drug-likeness (QED) is 0.864. The van der Waals surface area contributed by atoms with Crippen LogP contribution in [-0.4, -0.2) is 62.4 Å². The lowest BCUT2D eigenvalue weighted by Gasteiger charge is -2.37. The van der Waals surface area contributed by atoms with Crippen molar-refractivity contribution >= 4 is 6.03 Å². The first-order valence-electron chi connectivity index (χ1n) is 7.94. The van der Waals surface area contributed by atoms with Crippen LogP contribution in [0.1, 0.15) is 32.6 Å². The Bertz CT molecular complexity index is 372. The molecule has 0 radical (unpaired) electrons. The van der Waals surface area contributed by atoms with Crippen molar-refractivity contribution in [1.82, 2.24) is 10.2 Å². The first-order chi connectivity index (χ1) is 10.4. The first kappa shape index (κ1) is 17.4. The molecule has 0 aromatic rings. The molecule has 5 nitrogen and oxygen atoms in total. The number of nitrogens with one attached hydrogen (secondary N) is 1. The highest BCUT2D eigenvalue weighted by Gasteiger charge is 2.35. The molecule has 128 valence electrons. The number of carbonyl (C=O) groups is 1. The number of amides is 2. The number of alkyl halides is 2. The second-order valence-electron chi connectivity index (χ2n) is 6.41. The van der Waals surface area contributed by atoms with E-state index >= 15 is 0 Å². The van der Waals surface area contributed by atoms with Crippen molar-refractivity contribution in [3.05, 3.63) is 0 Å². The molecule has 2 amide bonds. The zero-order valence-electron chi connectivity index (χ0n) is 13.3. The average Bonchev–Trinajstić information content (AvgIpc) is 2.45. The van der Waals surface area contributed by atoms with E-state index in [-0.39, 0.29) is 37.0 Å². The normalized spacial score (nSPS) is 29.4. The van der Waals surface area contributed by atoms with Crippen LogP contribution in [0.15, 0.2) is 0 Å². The van der Waals surface area contributed by atoms with Crippen molar-refractivity contribution in [1.29, 1.82) is 0 Å². The van der Waals surface area contributed by atoms with Gasteiger partial charge in [-0.2, -0.15) is 0 Å². The number of hydrogen-bond donors (Lipinski definition) is 1. The summed E-state index contributed by atoms with van der Waals surface area (Å²) in [6, 6.07) is -0.145. The number of hydrogen-bond acceptors (Lipinski definition) is 3. The second-order valence-corrected chi connectivity index (χ2v) is 6.41. The van der Waals surface area contributed by atoms with Crippen LogP contribution in [0.25, 0.3) is 0 Å². The number of nitrogens with zero attached hydrogens (tertiary/aromatic N) is 1. The van der Waals surface area contributed by atoms with Gasteiger partial charge >= 0.3 is 6.03 Å². The SMILES string of the molecule is COCC1CN(C(=O)NCC2CCC(F)(F)CC2)CC(C)O1. The topological polar surface area (TPSA) is 50.8 Å². The molecule has 1 heterocycles. The van der Waals surface area contributed by atoms with Crippen molar-refractivity contribution in [2.24, 2.45) is 5.92 Å². The smallest absolute Gasteiger partial charge is 0.317 e. The first-order valence-corrected chi connectivity index (χ1v) is 7.94. The molecular weight excluding hydrogens is 294 g/mol. The van der Waals surface area contributed by atoms with Gasteiger partial charge in [0, 0.05) is 33.0 Å². The number of rotatable bonds is 4. The van der Waals surface area contributed by atoms with Crippen LogP contribution in [0.5, 0.6) is 0 Å². The maximum atomic E-state index is 13.1. The molecule has 1 saturated heterocycles. The van der Waals surface area contributed by atoms with E-state index in [1.165, 1.54) is 0 Å². The van der Waals surface area contributed by atoms with E-state index in [0.717, 1.165) is 0 Å². The van der Waals surface area contributed by atoms with Gasteiger partial charge in [0.15, 0.2) is 0 Å². The summed E-state index contributed by atoms with van der Waals surface area (Å²) in [4.78, 5) is 14.0. The monoisotopic (exact) mass is 320 g/mol. The van der Waals surface area contributed by atoms with Crippen LogP contribution in [-0.2, 0) is 9.47 Å². The minimum Gasteiger partial charge on any atom is -0.382 e. The Labute approximate surface area is 130 Å². The maximum Gasteiger partial charge on any atom is 0.317 e. The molecule has 2 atom stereocenters. The standard InChI is InChI=1S/C15H26F2N2O3/c1-11-8-19(9-13(22-11)10-21-2)14(20)18-7-12-3-5-15(16,17)6-4-12/h11-13H,3-10H2,1-2H3,(H,18,20). The fraction of sp³-hybridized carbons (Fsp3) is 0.933. The van der Waals surface area contributed by atoms with E-state index < -0.39 is 5.92 Å². The molecule has 2 fully saturated rings. The summed E-state index contributed by atoms with van der Waals surface area (Å²) < 4.78 is 37.0. The van der Waals surface area contributed by atoms with Crippen molar-refractivity contribution in [2.45, 2.75) is 50.7 Å². The van der Waals surface area contributed by atoms with Crippen LogP contribution >= 0.6 is 0 Å². The fourth-order valence-electron chi connectivity index (χ4n) is 3.14. The lowest BCUT2D eigenvalue weighted by Crippen LogP contribution is -2.54. The van der Waals surface area contributed by atoms with Crippen LogP contribution in [0, 0.1) is 5.92 Å². The van der Waals surface area contributed by atoms with Gasteiger partial charge in [-0.15, -0.1) is 0 Å². The summed E-state index contributed by atoms with van der Waals surface area (Å²) in [5.74, 6) is -2.37. The Balaban J connectivity index is 1.74. The molecule has 22 heavy (non-hydrogen) atoms. The number of methoxy groups -OCH3 is 1. The van der Waals surface area contributed by atoms with Gasteiger partial charge in [-0.1, -0.05) is 0 Å². The van der Waals surface area contributed by atoms with Gasteiger partial charge in [0.05, 0.1) is 25.4 Å². The molecule has 1 N–H and O–H groups in total. The molecule has 0 spiro atoms. The molecule has 1 saturated carbocycles. The fourth-order valence-corrected chi connectivity index (χ4v) is 3.14. The van der Waals surface area contributed by atoms with E-state index in [9.17, 15) is 13.6 Å². The zero-order valence-corrected chi connectivity index (χ0v) is 13.3. The third kappa shape index (κ3) is 5.05. The summed E-state index contributed by atoms with van der Waals surface area (Å²) in [5, 5.41) is 2.88. The molecule has 0 aromatic heterocycles. The van der Waals surface area contributed by atoms with Gasteiger partial charge in [-0.3, -0.25) is 0 Å². The van der Waals surface area contributed by atoms with Gasteiger partial charge in [0.2, 0.25) is 5.92 Å². The Kier molecular flexibility index (Phi) is 5.97. The summed E-state index contributed by atoms with van der Waals surface area (Å²) in [7, 11) is 1.60. The van der Waals surface area contributed by atoms with Gasteiger partial charge in [0.25, 0.3) is 0 Å². The van der Waals surface area contributed by atoms with Crippen LogP contribution < -0.4 is 5.32 Å². The Hall–Kier alpha value is -0.950. The highest BCUT2D eigenvalue weighted by molar-refractivity contribution is 5.74. The number of urea groups is 1. The predicted molar refractivity (Wildman–Crippen MR) is 78.1 cm³/mol. The van der Waals surface area contributed by atoms with Crippen molar-refractivity contribution in [2.75, 3.05) is 33.4 Å². The number of morpholine rings is 1. The number of ether oxygens (including phenoxy) is 2. The van der Waals surface area contributed by atoms with Crippen LogP contribution in [0.4, 0.5) is 13.6 Å². The second kappa shape index (κ2) is 7.55. The highest BCUT2D eigenvalue weighted by Crippen LogP contribution is 2.35. The minimum absolute atomic E-state index is 0.0342. The van der Waals surface area contributed by atoms with Crippen molar-refractivity contribution in [3.8, 4) is 0 Å². The van der Waals surface area contributed by atoms with Gasteiger partial charge in [-0.25, -0.2) is 13.6 Å². The molecule has 7 heteroatoms. The van der Waals surface area contributed by atoms with E-state index in [4.69, 9.17) is 9.47 Å². The highest BCUT2D eigenvalue weighted by atomic mass is 19.3. The molecular formula is C15H26F2N2O3. The summed E-state index contributed by atoms with van der Waals surface area (Å²) in [6.45, 7) is 3.87. The van der Waals surface area contributed by atoms with Crippen molar-refractivity contribution in [3.63, 3.8) is 0 Å². The number of halogens is 2. The molecule has 0 aromatic carbocycles. The van der Waals surface area contributed by atoms with Gasteiger partial charge in [0.1, 0.15) is 0 Å². The summed E-state index contributed by atoms with van der Waals surface area (Å²) in [6.07, 6.45) is 0.648. The van der Waals surface area contributed by atoms with Crippen molar-refractivity contribution < 1.29 is 23.0 Å². The van der Waals surface area contributed by atoms with Crippen LogP contribution in [0.2, 0.25) is 0 Å². The van der Waals surface area contributed by atoms with E-state index in [2.05, 4.69) is 5.32 Å². The molecule has 0 bridgehead atoms. The Morgan fingerprint density at radius 2 is 2.05 bits per heavy atom. The summed E-state index contributed by atoms with van der Waals surface area (Å²) >= 11 is 0. The van der Waals surface area contributed by atoms with E-state index in [1.807, 2.05) is 6.92 Å². The molecule has 2 unspecified atom stereocenters. The van der Waals surface area contributed by atoms with Gasteiger partial charge in [-0.05, 0) is 25.7 Å². The minimum atomic E-state index is -2.52. The predicted octanol–water partition coefficient (Wildman–Crippen LogP) is 2.26. The summed E-state index contributed by atoms with van der Waals surface area (Å²) in [5.41, 5.74) is 0. The maximum absolute atomic E-state index is 13.1. The van der Waals surface area contributed by atoms with E-state index in [1.54, 1.807) is 12.0 Å². The molecule has 1 aliphatic carbocycles. The Morgan fingerprint density at radius 1 is 1.36 bits per heavy atom. The van der Waals surface area contributed by atoms with Gasteiger partial charge < -0.3 is 19.7 Å². The zero-order chi connectivity index (χ0) is 16.2. The largest absolute Gasteiger partial charge is 0.382 e. The Morgan fingerprint density at radius 3 is 2.68 bits per heavy atom. The molecule has 1 aliphatic heterocycles. The lowest BCUT2D eigenvalue weighted by atomic mass is 9.87. The number of carbonyl (C=O) groups excluding carboxylic acids is 1. The third-order valence-corrected chi connectivity index (χ3v) is 4.34. The van der Waals surface area contributed by atoms with E-state index in [0.29, 0.717) is 39.1 Å². The molecule has 2 rings (SSSR count). The van der Waals surface area contributed by atoms with Crippen LogP contribution in [0.3, 0.4) is 0 Å².